The van der Waals surface area contributed by atoms with Crippen molar-refractivity contribution in [2.24, 2.45) is 0 Å². The number of rotatable bonds is 4. The molecule has 0 saturated heterocycles. The van der Waals surface area contributed by atoms with Crippen molar-refractivity contribution in [3.05, 3.63) is 146 Å². The van der Waals surface area contributed by atoms with Gasteiger partial charge in [0.1, 0.15) is 16.0 Å². The van der Waals surface area contributed by atoms with Crippen LogP contribution in [0.25, 0.3) is 81.9 Å². The van der Waals surface area contributed by atoms with E-state index < -0.39 is 0 Å². The second-order valence-corrected chi connectivity index (χ2v) is 12.0. The molecule has 4 aromatic heterocycles. The predicted octanol–water partition coefficient (Wildman–Crippen LogP) is 10.3. The van der Waals surface area contributed by atoms with Crippen LogP contribution in [-0.2, 0) is 0 Å². The Morgan fingerprint density at radius 1 is 0.477 bits per heavy atom. The van der Waals surface area contributed by atoms with E-state index in [2.05, 4.69) is 114 Å². The van der Waals surface area contributed by atoms with Crippen molar-refractivity contribution < 1.29 is 0 Å². The molecule has 0 fully saturated rings. The lowest BCUT2D eigenvalue weighted by molar-refractivity contribution is 1.18. The highest BCUT2D eigenvalue weighted by Crippen LogP contribution is 2.36. The van der Waals surface area contributed by atoms with E-state index in [4.69, 9.17) is 15.0 Å². The summed E-state index contributed by atoms with van der Waals surface area (Å²) in [7, 11) is 0. The number of thiophene rings is 1. The number of imidazole rings is 1. The van der Waals surface area contributed by atoms with Gasteiger partial charge in [0.15, 0.2) is 5.82 Å². The Balaban J connectivity index is 1.12. The van der Waals surface area contributed by atoms with Gasteiger partial charge in [-0.2, -0.15) is 0 Å². The highest BCUT2D eigenvalue weighted by Gasteiger charge is 2.14. The Morgan fingerprint density at radius 2 is 1.09 bits per heavy atom. The maximum Gasteiger partial charge on any atom is 0.160 e. The average molecular weight is 581 g/mol. The van der Waals surface area contributed by atoms with Crippen molar-refractivity contribution in [2.45, 2.75) is 0 Å². The lowest BCUT2D eigenvalue weighted by Gasteiger charge is -2.10. The van der Waals surface area contributed by atoms with E-state index in [-0.39, 0.29) is 0 Å². The maximum absolute atomic E-state index is 5.02. The molecule has 0 radical (unpaired) electrons. The second-order valence-electron chi connectivity index (χ2n) is 11.0. The first-order chi connectivity index (χ1) is 21.8. The van der Waals surface area contributed by atoms with Crippen LogP contribution in [0.5, 0.6) is 0 Å². The summed E-state index contributed by atoms with van der Waals surface area (Å²) >= 11 is 1.79. The van der Waals surface area contributed by atoms with Gasteiger partial charge in [0.05, 0.1) is 11.4 Å². The second kappa shape index (κ2) is 9.97. The van der Waals surface area contributed by atoms with Crippen LogP contribution in [-0.4, -0.2) is 19.4 Å². The van der Waals surface area contributed by atoms with Crippen molar-refractivity contribution in [2.75, 3.05) is 0 Å². The smallest absolute Gasteiger partial charge is 0.160 e. The van der Waals surface area contributed by atoms with Gasteiger partial charge in [-0.05, 0) is 58.3 Å². The lowest BCUT2D eigenvalue weighted by atomic mass is 10.0. The average Bonchev–Trinajstić information content (AvgIpc) is 3.64. The molecular formula is C39H24N4S. The van der Waals surface area contributed by atoms with Crippen LogP contribution in [0.2, 0.25) is 0 Å². The molecular weight excluding hydrogens is 557 g/mol. The number of benzene rings is 5. The Labute approximate surface area is 257 Å². The van der Waals surface area contributed by atoms with Crippen molar-refractivity contribution >= 4 is 48.2 Å². The van der Waals surface area contributed by atoms with Gasteiger partial charge in [0.25, 0.3) is 0 Å². The molecule has 0 saturated carbocycles. The normalized spacial score (nSPS) is 11.6. The molecule has 44 heavy (non-hydrogen) atoms. The zero-order valence-electron chi connectivity index (χ0n) is 23.6. The molecule has 0 aliphatic rings. The number of nitrogens with zero attached hydrogens (tertiary/aromatic N) is 4. The van der Waals surface area contributed by atoms with Crippen LogP contribution in [0.1, 0.15) is 0 Å². The fraction of sp³-hybridized carbons (Fsp3) is 0. The van der Waals surface area contributed by atoms with Crippen molar-refractivity contribution in [1.29, 1.82) is 0 Å². The molecule has 0 bridgehead atoms. The van der Waals surface area contributed by atoms with Gasteiger partial charge < -0.3 is 0 Å². The molecule has 0 atom stereocenters. The summed E-state index contributed by atoms with van der Waals surface area (Å²) in [6.07, 6.45) is 2.21. The topological polar surface area (TPSA) is 43.1 Å². The third-order valence-corrected chi connectivity index (χ3v) is 9.38. The Kier molecular flexibility index (Phi) is 5.64. The van der Waals surface area contributed by atoms with Crippen molar-refractivity contribution in [3.8, 4) is 45.0 Å². The zero-order valence-corrected chi connectivity index (χ0v) is 24.4. The minimum atomic E-state index is 0.717. The minimum Gasteiger partial charge on any atom is -0.290 e. The lowest BCUT2D eigenvalue weighted by Crippen LogP contribution is -1.96. The van der Waals surface area contributed by atoms with Crippen molar-refractivity contribution in [1.82, 2.24) is 19.4 Å². The van der Waals surface area contributed by atoms with Gasteiger partial charge >= 0.3 is 0 Å². The monoisotopic (exact) mass is 580 g/mol. The standard InChI is InChI=1S/C39H24N4S/c1-3-9-25(10-4-1)33-23-34(26-11-5-2-6-12-26)41-38(40-33)30-18-17-27-21-29(16-15-28(27)22-30)31-19-20-36-42-37-32-13-7-8-14-35(32)44-39(37)43(36)24-31/h1-24H. The van der Waals surface area contributed by atoms with E-state index in [0.29, 0.717) is 5.82 Å². The molecule has 5 heteroatoms. The molecule has 0 amide bonds. The van der Waals surface area contributed by atoms with E-state index in [1.807, 2.05) is 36.4 Å². The molecule has 0 N–H and O–H groups in total. The zero-order chi connectivity index (χ0) is 29.0. The number of hydrogen-bond donors (Lipinski definition) is 0. The summed E-state index contributed by atoms with van der Waals surface area (Å²) in [5.74, 6) is 0.717. The molecule has 5 aromatic carbocycles. The molecule has 9 aromatic rings. The number of hydrogen-bond acceptors (Lipinski definition) is 4. The van der Waals surface area contributed by atoms with E-state index in [9.17, 15) is 0 Å². The Morgan fingerprint density at radius 3 is 1.82 bits per heavy atom. The maximum atomic E-state index is 5.02. The third kappa shape index (κ3) is 4.17. The first-order valence-corrected chi connectivity index (χ1v) is 15.4. The van der Waals surface area contributed by atoms with E-state index in [1.54, 1.807) is 11.3 Å². The largest absolute Gasteiger partial charge is 0.290 e. The van der Waals surface area contributed by atoms with E-state index >= 15 is 0 Å². The molecule has 0 spiro atoms. The highest BCUT2D eigenvalue weighted by atomic mass is 32.1. The van der Waals surface area contributed by atoms with Crippen LogP contribution >= 0.6 is 11.3 Å². The summed E-state index contributed by atoms with van der Waals surface area (Å²) in [5, 5.41) is 3.54. The molecule has 4 heterocycles. The molecule has 0 aliphatic heterocycles. The van der Waals surface area contributed by atoms with Crippen LogP contribution in [0.3, 0.4) is 0 Å². The van der Waals surface area contributed by atoms with Gasteiger partial charge in [0.2, 0.25) is 0 Å². The first-order valence-electron chi connectivity index (χ1n) is 14.6. The van der Waals surface area contributed by atoms with Crippen LogP contribution in [0.15, 0.2) is 146 Å². The first kappa shape index (κ1) is 24.9. The third-order valence-electron chi connectivity index (χ3n) is 8.22. The van der Waals surface area contributed by atoms with Crippen LogP contribution < -0.4 is 0 Å². The number of aromatic nitrogens is 4. The van der Waals surface area contributed by atoms with Gasteiger partial charge in [-0.25, -0.2) is 15.0 Å². The molecule has 206 valence electrons. The molecule has 4 nitrogen and oxygen atoms in total. The fourth-order valence-corrected chi connectivity index (χ4v) is 7.10. The number of pyridine rings is 1. The van der Waals surface area contributed by atoms with E-state index in [0.717, 1.165) is 50.2 Å². The van der Waals surface area contributed by atoms with Crippen LogP contribution in [0, 0.1) is 0 Å². The molecule has 0 unspecified atom stereocenters. The Hall–Kier alpha value is -5.65. The summed E-state index contributed by atoms with van der Waals surface area (Å²) in [5.41, 5.74) is 9.33. The van der Waals surface area contributed by atoms with Gasteiger partial charge in [-0.1, -0.05) is 103 Å². The SMILES string of the molecule is c1ccc(-c2cc(-c3ccccc3)nc(-c3ccc4cc(-c5ccc6nc7c8ccccc8sc7n6c5)ccc4c3)n2)cc1. The van der Waals surface area contributed by atoms with Crippen molar-refractivity contribution in [3.63, 3.8) is 0 Å². The predicted molar refractivity (Wildman–Crippen MR) is 183 cm³/mol. The van der Waals surface area contributed by atoms with Gasteiger partial charge in [-0.15, -0.1) is 11.3 Å². The Bertz CT molecular complexity index is 2440. The minimum absolute atomic E-state index is 0.717. The number of fused-ring (bicyclic) bond motifs is 6. The summed E-state index contributed by atoms with van der Waals surface area (Å²) in [6.45, 7) is 0. The highest BCUT2D eigenvalue weighted by molar-refractivity contribution is 7.25. The van der Waals surface area contributed by atoms with E-state index in [1.165, 1.54) is 25.9 Å². The quantitative estimate of drug-likeness (QED) is 0.208. The van der Waals surface area contributed by atoms with Crippen LogP contribution in [0.4, 0.5) is 0 Å². The molecule has 0 aliphatic carbocycles. The summed E-state index contributed by atoms with van der Waals surface area (Å²) < 4.78 is 3.49. The molecule has 9 rings (SSSR count). The fourth-order valence-electron chi connectivity index (χ4n) is 5.98. The summed E-state index contributed by atoms with van der Waals surface area (Å²) in [4.78, 5) is 16.2. The van der Waals surface area contributed by atoms with Gasteiger partial charge in [0, 0.05) is 33.0 Å². The van der Waals surface area contributed by atoms with Gasteiger partial charge in [-0.3, -0.25) is 4.40 Å². The summed E-state index contributed by atoms with van der Waals surface area (Å²) in [6, 6.07) is 48.6.